The molecule has 0 aliphatic heterocycles. The number of aliphatic carboxylic acids is 1. The monoisotopic (exact) mass is 252 g/mol. The number of rotatable bonds is 12. The lowest BCUT2D eigenvalue weighted by molar-refractivity contribution is -0.137. The molecule has 2 heteroatoms. The van der Waals surface area contributed by atoms with Gasteiger partial charge in [0, 0.05) is 6.42 Å². The Balaban J connectivity index is 3.09. The van der Waals surface area contributed by atoms with Crippen LogP contribution in [0.4, 0.5) is 0 Å². The summed E-state index contributed by atoms with van der Waals surface area (Å²) in [6.45, 7) is 2.14. The molecule has 2 nitrogen and oxygen atoms in total. The molecule has 104 valence electrons. The predicted octanol–water partition coefficient (Wildman–Crippen LogP) is 5.10. The van der Waals surface area contributed by atoms with E-state index in [4.69, 9.17) is 5.11 Å². The molecule has 18 heavy (non-hydrogen) atoms. The highest BCUT2D eigenvalue weighted by Crippen LogP contribution is 2.09. The van der Waals surface area contributed by atoms with E-state index in [1.807, 2.05) is 0 Å². The van der Waals surface area contributed by atoms with Crippen molar-refractivity contribution in [3.8, 4) is 0 Å². The van der Waals surface area contributed by atoms with Crippen LogP contribution in [0.1, 0.15) is 71.1 Å². The number of carbonyl (C=O) groups is 1. The molecule has 0 aromatic rings. The Labute approximate surface area is 112 Å². The highest BCUT2D eigenvalue weighted by molar-refractivity contribution is 5.66. The molecule has 0 amide bonds. The summed E-state index contributed by atoms with van der Waals surface area (Å²) in [4.78, 5) is 10.3. The fourth-order valence-electron chi connectivity index (χ4n) is 1.81. The summed E-state index contributed by atoms with van der Waals surface area (Å²) in [5, 5.41) is 8.48. The molecule has 0 bridgehead atoms. The van der Waals surface area contributed by atoms with Gasteiger partial charge >= 0.3 is 5.97 Å². The maximum atomic E-state index is 10.3. The van der Waals surface area contributed by atoms with E-state index in [-0.39, 0.29) is 0 Å². The third kappa shape index (κ3) is 14.9. The Morgan fingerprint density at radius 2 is 1.44 bits per heavy atom. The maximum absolute atomic E-state index is 10.3. The lowest BCUT2D eigenvalue weighted by atomic mass is 10.1. The van der Waals surface area contributed by atoms with Gasteiger partial charge in [0.05, 0.1) is 0 Å². The van der Waals surface area contributed by atoms with Crippen LogP contribution in [-0.2, 0) is 4.79 Å². The van der Waals surface area contributed by atoms with E-state index >= 15 is 0 Å². The molecule has 0 heterocycles. The van der Waals surface area contributed by atoms with Crippen LogP contribution in [0.25, 0.3) is 0 Å². The van der Waals surface area contributed by atoms with Crippen LogP contribution in [0.2, 0.25) is 0 Å². The van der Waals surface area contributed by atoms with Crippen molar-refractivity contribution >= 4 is 5.97 Å². The fraction of sp³-hybridized carbons (Fsp3) is 0.688. The molecule has 0 spiro atoms. The minimum Gasteiger partial charge on any atom is -0.481 e. The number of carboxylic acid groups (broad SMARTS) is 1. The van der Waals surface area contributed by atoms with Crippen molar-refractivity contribution in [2.24, 2.45) is 0 Å². The van der Waals surface area contributed by atoms with Crippen molar-refractivity contribution < 1.29 is 9.90 Å². The van der Waals surface area contributed by atoms with Gasteiger partial charge in [-0.25, -0.2) is 0 Å². The first-order chi connectivity index (χ1) is 8.77. The second-order valence-electron chi connectivity index (χ2n) is 4.67. The van der Waals surface area contributed by atoms with Gasteiger partial charge in [-0.15, -0.1) is 0 Å². The highest BCUT2D eigenvalue weighted by atomic mass is 16.4. The van der Waals surface area contributed by atoms with E-state index in [1.54, 1.807) is 0 Å². The lowest BCUT2D eigenvalue weighted by Crippen LogP contribution is -1.93. The van der Waals surface area contributed by atoms with Crippen LogP contribution in [0.5, 0.6) is 0 Å². The fourth-order valence-corrected chi connectivity index (χ4v) is 1.81. The van der Waals surface area contributed by atoms with E-state index in [0.29, 0.717) is 6.42 Å². The number of hydrogen-bond donors (Lipinski definition) is 1. The predicted molar refractivity (Wildman–Crippen MR) is 77.8 cm³/mol. The zero-order chi connectivity index (χ0) is 13.5. The van der Waals surface area contributed by atoms with Crippen LogP contribution in [0.15, 0.2) is 24.3 Å². The van der Waals surface area contributed by atoms with Crippen LogP contribution >= 0.6 is 0 Å². The highest BCUT2D eigenvalue weighted by Gasteiger charge is 1.96. The molecule has 0 unspecified atom stereocenters. The van der Waals surface area contributed by atoms with Crippen molar-refractivity contribution in [2.45, 2.75) is 71.1 Å². The summed E-state index contributed by atoms with van der Waals surface area (Å²) in [5.41, 5.74) is 0. The summed E-state index contributed by atoms with van der Waals surface area (Å²) >= 11 is 0. The first-order valence-electron chi connectivity index (χ1n) is 7.30. The first-order valence-corrected chi connectivity index (χ1v) is 7.30. The largest absolute Gasteiger partial charge is 0.481 e. The zero-order valence-corrected chi connectivity index (χ0v) is 11.7. The number of hydrogen-bond acceptors (Lipinski definition) is 1. The van der Waals surface area contributed by atoms with Gasteiger partial charge in [-0.05, 0) is 25.7 Å². The molecule has 0 aromatic carbocycles. The first kappa shape index (κ1) is 16.9. The van der Waals surface area contributed by atoms with Gasteiger partial charge < -0.3 is 5.11 Å². The van der Waals surface area contributed by atoms with E-state index < -0.39 is 5.97 Å². The van der Waals surface area contributed by atoms with E-state index in [1.165, 1.54) is 38.5 Å². The van der Waals surface area contributed by atoms with Crippen molar-refractivity contribution in [3.63, 3.8) is 0 Å². The molecule has 0 aromatic heterocycles. The van der Waals surface area contributed by atoms with Gasteiger partial charge in [-0.3, -0.25) is 4.79 Å². The van der Waals surface area contributed by atoms with Crippen LogP contribution < -0.4 is 0 Å². The molecule has 0 atom stereocenters. The third-order valence-corrected chi connectivity index (χ3v) is 2.88. The molecule has 0 aliphatic carbocycles. The molecule has 0 fully saturated rings. The van der Waals surface area contributed by atoms with Gasteiger partial charge in [0.15, 0.2) is 0 Å². The maximum Gasteiger partial charge on any atom is 0.303 e. The number of allylic oxidation sites excluding steroid dienone is 4. The van der Waals surface area contributed by atoms with E-state index in [2.05, 4.69) is 31.2 Å². The Morgan fingerprint density at radius 1 is 0.889 bits per heavy atom. The molecular weight excluding hydrogens is 224 g/mol. The molecule has 0 aliphatic rings. The number of carboxylic acids is 1. The Kier molecular flexibility index (Phi) is 13.2. The second kappa shape index (κ2) is 14.0. The summed E-state index contributed by atoms with van der Waals surface area (Å²) in [6, 6.07) is 0. The van der Waals surface area contributed by atoms with Crippen LogP contribution in [0.3, 0.4) is 0 Å². The summed E-state index contributed by atoms with van der Waals surface area (Å²) in [5.74, 6) is -0.668. The summed E-state index contributed by atoms with van der Waals surface area (Å²) in [6.07, 6.45) is 19.4. The average Bonchev–Trinajstić information content (AvgIpc) is 2.34. The van der Waals surface area contributed by atoms with Gasteiger partial charge in [0.2, 0.25) is 0 Å². The summed E-state index contributed by atoms with van der Waals surface area (Å²) in [7, 11) is 0. The number of unbranched alkanes of at least 4 members (excludes halogenated alkanes) is 7. The standard InChI is InChI=1S/C16H28O2/c1-2-3-4-5-6-7-8-9-10-11-12-13-14-15-16(17)18/h3-6H,2,7-15H2,1H3,(H,17,18)/b4-3-,6-5+. The molecule has 1 N–H and O–H groups in total. The van der Waals surface area contributed by atoms with Crippen molar-refractivity contribution in [2.75, 3.05) is 0 Å². The minimum atomic E-state index is -0.668. The molecule has 0 saturated heterocycles. The van der Waals surface area contributed by atoms with E-state index in [9.17, 15) is 4.79 Å². The normalized spacial score (nSPS) is 11.6. The Hall–Kier alpha value is -1.05. The van der Waals surface area contributed by atoms with Crippen LogP contribution in [0, 0.1) is 0 Å². The minimum absolute atomic E-state index is 0.329. The topological polar surface area (TPSA) is 37.3 Å². The summed E-state index contributed by atoms with van der Waals surface area (Å²) < 4.78 is 0. The van der Waals surface area contributed by atoms with Gasteiger partial charge in [-0.1, -0.05) is 63.3 Å². The average molecular weight is 252 g/mol. The Bertz CT molecular complexity index is 241. The molecular formula is C16H28O2. The third-order valence-electron chi connectivity index (χ3n) is 2.88. The lowest BCUT2D eigenvalue weighted by Gasteiger charge is -1.99. The molecule has 0 radical (unpaired) electrons. The van der Waals surface area contributed by atoms with Crippen molar-refractivity contribution in [1.82, 2.24) is 0 Å². The van der Waals surface area contributed by atoms with Crippen molar-refractivity contribution in [3.05, 3.63) is 24.3 Å². The molecule has 0 rings (SSSR count). The van der Waals surface area contributed by atoms with Gasteiger partial charge in [-0.2, -0.15) is 0 Å². The van der Waals surface area contributed by atoms with Crippen molar-refractivity contribution in [1.29, 1.82) is 0 Å². The van der Waals surface area contributed by atoms with E-state index in [0.717, 1.165) is 19.3 Å². The van der Waals surface area contributed by atoms with Gasteiger partial charge in [0.1, 0.15) is 0 Å². The Morgan fingerprint density at radius 3 is 2.06 bits per heavy atom. The zero-order valence-electron chi connectivity index (χ0n) is 11.7. The SMILES string of the molecule is CC/C=C\C=C\CCCCCCCCCC(=O)O. The second-order valence-corrected chi connectivity index (χ2v) is 4.67. The van der Waals surface area contributed by atoms with Gasteiger partial charge in [0.25, 0.3) is 0 Å². The quantitative estimate of drug-likeness (QED) is 0.387. The smallest absolute Gasteiger partial charge is 0.303 e. The molecule has 0 saturated carbocycles. The van der Waals surface area contributed by atoms with Crippen LogP contribution in [-0.4, -0.2) is 11.1 Å².